The van der Waals surface area contributed by atoms with E-state index < -0.39 is 60.4 Å². The van der Waals surface area contributed by atoms with Crippen molar-refractivity contribution in [3.8, 4) is 23.0 Å². The van der Waals surface area contributed by atoms with Gasteiger partial charge in [-0.05, 0) is 41.8 Å². The van der Waals surface area contributed by atoms with Gasteiger partial charge in [0.05, 0.1) is 27.4 Å². The molecule has 2 aliphatic heterocycles. The van der Waals surface area contributed by atoms with E-state index in [9.17, 15) is 40.5 Å². The number of hydrogen-bond donors (Lipinski definition) is 7. The van der Waals surface area contributed by atoms with E-state index in [0.717, 1.165) is 0 Å². The first-order chi connectivity index (χ1) is 18.0. The lowest BCUT2D eigenvalue weighted by Crippen LogP contribution is -2.55. The fourth-order valence-corrected chi connectivity index (χ4v) is 5.02. The largest absolute Gasteiger partial charge is 0.504 e. The smallest absolute Gasteiger partial charge is 0.338 e. The van der Waals surface area contributed by atoms with E-state index >= 15 is 0 Å². The van der Waals surface area contributed by atoms with Crippen LogP contribution in [0.5, 0.6) is 23.0 Å². The fraction of sp³-hybridized carbons (Fsp3) is 0.500. The Hall–Kier alpha value is -3.13. The van der Waals surface area contributed by atoms with E-state index in [-0.39, 0.29) is 42.3 Å². The zero-order valence-corrected chi connectivity index (χ0v) is 20.9. The first kappa shape index (κ1) is 27.9. The minimum Gasteiger partial charge on any atom is -0.504 e. The Morgan fingerprint density at radius 3 is 2.32 bits per heavy atom. The average molecular weight is 537 g/mol. The molecule has 2 aliphatic rings. The minimum atomic E-state index is -1.97. The molecule has 0 aliphatic carbocycles. The van der Waals surface area contributed by atoms with E-state index in [1.807, 2.05) is 0 Å². The maximum absolute atomic E-state index is 12.7. The second-order valence-electron chi connectivity index (χ2n) is 9.59. The first-order valence-corrected chi connectivity index (χ1v) is 12.0. The summed E-state index contributed by atoms with van der Waals surface area (Å²) in [6.07, 6.45) is -7.57. The van der Waals surface area contributed by atoms with E-state index in [1.54, 1.807) is 12.1 Å². The highest BCUT2D eigenvalue weighted by atomic mass is 16.6. The molecular weight excluding hydrogens is 504 g/mol. The zero-order valence-electron chi connectivity index (χ0n) is 20.9. The molecule has 2 aromatic rings. The van der Waals surface area contributed by atoms with Crippen LogP contribution in [-0.4, -0.2) is 99.2 Å². The van der Waals surface area contributed by atoms with Gasteiger partial charge in [0.15, 0.2) is 28.6 Å². The van der Waals surface area contributed by atoms with Crippen LogP contribution in [0.2, 0.25) is 0 Å². The number of carbonyl (C=O) groups excluding carboxylic acids is 1. The van der Waals surface area contributed by atoms with Crippen molar-refractivity contribution in [3.05, 3.63) is 47.0 Å². The highest BCUT2D eigenvalue weighted by Gasteiger charge is 2.51. The van der Waals surface area contributed by atoms with E-state index in [0.29, 0.717) is 11.1 Å². The van der Waals surface area contributed by atoms with Crippen LogP contribution >= 0.6 is 0 Å². The van der Waals surface area contributed by atoms with E-state index in [4.69, 9.17) is 18.9 Å². The maximum atomic E-state index is 12.7. The summed E-state index contributed by atoms with van der Waals surface area (Å²) in [6, 6.07) is 7.48. The normalized spacial score (nSPS) is 31.2. The van der Waals surface area contributed by atoms with Gasteiger partial charge in [0.25, 0.3) is 0 Å². The molecule has 12 nitrogen and oxygen atoms in total. The van der Waals surface area contributed by atoms with Crippen molar-refractivity contribution in [2.45, 2.75) is 49.0 Å². The predicted octanol–water partition coefficient (Wildman–Crippen LogP) is -0.681. The van der Waals surface area contributed by atoms with Crippen molar-refractivity contribution < 1.29 is 59.5 Å². The molecule has 2 fully saturated rings. The van der Waals surface area contributed by atoms with Gasteiger partial charge in [-0.15, -0.1) is 0 Å². The molecule has 0 saturated carbocycles. The summed E-state index contributed by atoms with van der Waals surface area (Å²) < 4.78 is 21.2. The molecule has 0 aromatic heterocycles. The van der Waals surface area contributed by atoms with Crippen molar-refractivity contribution in [2.75, 3.05) is 27.4 Å². The van der Waals surface area contributed by atoms with Crippen molar-refractivity contribution >= 4 is 5.97 Å². The SMILES string of the molecule is COc1cc(CC2COC(=O)C2(O)Cc2cc(OC)c(O)c(C3OC(CO)C(O)C(O)C3O)c2)ccc1O. The Balaban J connectivity index is 1.66. The van der Waals surface area contributed by atoms with E-state index in [2.05, 4.69) is 0 Å². The minimum absolute atomic E-state index is 0.0361. The molecule has 0 bridgehead atoms. The molecule has 7 unspecified atom stereocenters. The third-order valence-corrected chi connectivity index (χ3v) is 7.23. The lowest BCUT2D eigenvalue weighted by molar-refractivity contribution is -0.232. The molecule has 12 heteroatoms. The molecule has 0 amide bonds. The maximum Gasteiger partial charge on any atom is 0.338 e. The lowest BCUT2D eigenvalue weighted by atomic mass is 9.80. The van der Waals surface area contributed by atoms with Crippen LogP contribution in [0.3, 0.4) is 0 Å². The average Bonchev–Trinajstić information content (AvgIpc) is 3.17. The van der Waals surface area contributed by atoms with Crippen LogP contribution in [0, 0.1) is 5.92 Å². The van der Waals surface area contributed by atoms with Gasteiger partial charge in [0.1, 0.15) is 30.5 Å². The lowest BCUT2D eigenvalue weighted by Gasteiger charge is -2.40. The van der Waals surface area contributed by atoms with Gasteiger partial charge in [0.2, 0.25) is 0 Å². The monoisotopic (exact) mass is 536 g/mol. The number of cyclic esters (lactones) is 1. The van der Waals surface area contributed by atoms with Gasteiger partial charge in [-0.2, -0.15) is 0 Å². The predicted molar refractivity (Wildman–Crippen MR) is 129 cm³/mol. The number of aromatic hydroxyl groups is 2. The van der Waals surface area contributed by atoms with Gasteiger partial charge in [-0.3, -0.25) is 0 Å². The van der Waals surface area contributed by atoms with Crippen molar-refractivity contribution in [2.24, 2.45) is 5.92 Å². The molecule has 38 heavy (non-hydrogen) atoms. The van der Waals surface area contributed by atoms with Crippen LogP contribution in [0.1, 0.15) is 22.8 Å². The number of methoxy groups -OCH3 is 2. The number of phenolic OH excluding ortho intramolecular Hbond substituents is 2. The third kappa shape index (κ3) is 4.98. The Kier molecular flexibility index (Phi) is 8.02. The second-order valence-corrected chi connectivity index (χ2v) is 9.59. The Bertz CT molecular complexity index is 1170. The summed E-state index contributed by atoms with van der Waals surface area (Å²) in [5, 5.41) is 72.6. The van der Waals surface area contributed by atoms with Crippen molar-refractivity contribution in [3.63, 3.8) is 0 Å². The van der Waals surface area contributed by atoms with Crippen LogP contribution < -0.4 is 9.47 Å². The molecule has 4 rings (SSSR count). The molecule has 0 spiro atoms. The fourth-order valence-electron chi connectivity index (χ4n) is 5.02. The summed E-state index contributed by atoms with van der Waals surface area (Å²) in [7, 11) is 2.69. The summed E-state index contributed by atoms with van der Waals surface area (Å²) in [5.74, 6) is -1.81. The number of aliphatic hydroxyl groups is 5. The molecule has 2 heterocycles. The third-order valence-electron chi connectivity index (χ3n) is 7.23. The Morgan fingerprint density at radius 2 is 1.66 bits per heavy atom. The molecule has 208 valence electrons. The number of aliphatic hydroxyl groups excluding tert-OH is 4. The first-order valence-electron chi connectivity index (χ1n) is 12.0. The zero-order chi connectivity index (χ0) is 27.8. The highest BCUT2D eigenvalue weighted by Crippen LogP contribution is 2.43. The van der Waals surface area contributed by atoms with Gasteiger partial charge in [-0.25, -0.2) is 4.79 Å². The van der Waals surface area contributed by atoms with Crippen LogP contribution in [0.25, 0.3) is 0 Å². The highest BCUT2D eigenvalue weighted by molar-refractivity contribution is 5.82. The van der Waals surface area contributed by atoms with Crippen LogP contribution in [0.4, 0.5) is 0 Å². The number of benzene rings is 2. The number of rotatable bonds is 8. The van der Waals surface area contributed by atoms with E-state index in [1.165, 1.54) is 32.4 Å². The number of hydrogen-bond acceptors (Lipinski definition) is 12. The van der Waals surface area contributed by atoms with Gasteiger partial charge in [-0.1, -0.05) is 6.07 Å². The Labute approximate surface area is 218 Å². The van der Waals surface area contributed by atoms with Gasteiger partial charge >= 0.3 is 5.97 Å². The molecule has 7 N–H and O–H groups in total. The number of phenols is 2. The topological polar surface area (TPSA) is 196 Å². The number of carbonyl (C=O) groups is 1. The molecule has 2 saturated heterocycles. The second kappa shape index (κ2) is 10.9. The summed E-state index contributed by atoms with van der Waals surface area (Å²) in [5.41, 5.74) is -1.00. The summed E-state index contributed by atoms with van der Waals surface area (Å²) in [4.78, 5) is 12.7. The van der Waals surface area contributed by atoms with Gasteiger partial charge in [0, 0.05) is 17.9 Å². The molecule has 2 aromatic carbocycles. The summed E-state index contributed by atoms with van der Waals surface area (Å²) in [6.45, 7) is -0.721. The van der Waals surface area contributed by atoms with Gasteiger partial charge < -0.3 is 54.7 Å². The summed E-state index contributed by atoms with van der Waals surface area (Å²) >= 11 is 0. The Morgan fingerprint density at radius 1 is 0.974 bits per heavy atom. The quantitative estimate of drug-likeness (QED) is 0.210. The van der Waals surface area contributed by atoms with Crippen LogP contribution in [-0.2, 0) is 27.1 Å². The van der Waals surface area contributed by atoms with Crippen molar-refractivity contribution in [1.29, 1.82) is 0 Å². The molecule has 7 atom stereocenters. The van der Waals surface area contributed by atoms with Crippen molar-refractivity contribution in [1.82, 2.24) is 0 Å². The number of esters is 1. The number of ether oxygens (including phenoxy) is 4. The molecular formula is C26H32O12. The molecule has 0 radical (unpaired) electrons. The van der Waals surface area contributed by atoms with Crippen LogP contribution in [0.15, 0.2) is 30.3 Å². The standard InChI is InChI=1S/C26H32O12/c1-35-17-7-12(3-4-16(17)28)5-14-11-37-25(33)26(14,34)9-13-6-15(20(29)18(8-13)36-2)24-23(32)22(31)21(30)19(10-27)38-24/h3-4,6-8,14,19,21-24,27-32,34H,5,9-11H2,1-2H3.